The van der Waals surface area contributed by atoms with Gasteiger partial charge in [-0.05, 0) is 36.1 Å². The zero-order valence-corrected chi connectivity index (χ0v) is 16.9. The summed E-state index contributed by atoms with van der Waals surface area (Å²) >= 11 is 2.81. The number of aromatic nitrogens is 2. The monoisotopic (exact) mass is 411 g/mol. The minimum atomic E-state index is -0.283. The minimum Gasteiger partial charge on any atom is -0.495 e. The van der Waals surface area contributed by atoms with E-state index in [1.165, 1.54) is 11.3 Å². The van der Waals surface area contributed by atoms with E-state index in [2.05, 4.69) is 10.3 Å². The van der Waals surface area contributed by atoms with Crippen LogP contribution in [0.2, 0.25) is 0 Å². The number of amides is 1. The average molecular weight is 412 g/mol. The Morgan fingerprint density at radius 2 is 2.07 bits per heavy atom. The van der Waals surface area contributed by atoms with Crippen LogP contribution in [0.4, 0.5) is 5.69 Å². The van der Waals surface area contributed by atoms with Crippen molar-refractivity contribution < 1.29 is 9.53 Å². The number of benzene rings is 1. The third kappa shape index (κ3) is 3.32. The Morgan fingerprint density at radius 1 is 1.25 bits per heavy atom. The van der Waals surface area contributed by atoms with Crippen molar-refractivity contribution in [3.05, 3.63) is 73.8 Å². The smallest absolute Gasteiger partial charge is 0.266 e. The number of aryl methyl sites for hydroxylation is 1. The summed E-state index contributed by atoms with van der Waals surface area (Å²) in [5.74, 6) is 0.292. The minimum absolute atomic E-state index is 0.136. The van der Waals surface area contributed by atoms with Crippen LogP contribution in [0, 0.1) is 6.92 Å². The molecule has 0 aliphatic carbocycles. The number of hydrogen-bond acceptors (Lipinski definition) is 6. The molecule has 6 nitrogen and oxygen atoms in total. The van der Waals surface area contributed by atoms with E-state index in [1.54, 1.807) is 48.4 Å². The number of methoxy groups -OCH3 is 1. The van der Waals surface area contributed by atoms with Gasteiger partial charge in [0.25, 0.3) is 11.5 Å². The van der Waals surface area contributed by atoms with Gasteiger partial charge in [-0.2, -0.15) is 0 Å². The first kappa shape index (κ1) is 18.4. The molecule has 3 aromatic heterocycles. The fraction of sp³-hybridized carbons (Fsp3) is 0.150. The summed E-state index contributed by atoms with van der Waals surface area (Å²) in [4.78, 5) is 32.3. The van der Waals surface area contributed by atoms with Gasteiger partial charge in [-0.1, -0.05) is 18.2 Å². The lowest BCUT2D eigenvalue weighted by Crippen LogP contribution is -2.21. The van der Waals surface area contributed by atoms with E-state index in [-0.39, 0.29) is 11.5 Å². The first-order chi connectivity index (χ1) is 13.6. The molecule has 1 amide bonds. The van der Waals surface area contributed by atoms with Gasteiger partial charge in [0.1, 0.15) is 10.6 Å². The van der Waals surface area contributed by atoms with Crippen molar-refractivity contribution in [3.8, 4) is 5.75 Å². The lowest BCUT2D eigenvalue weighted by molar-refractivity contribution is 0.102. The van der Waals surface area contributed by atoms with Gasteiger partial charge in [0, 0.05) is 4.88 Å². The van der Waals surface area contributed by atoms with Gasteiger partial charge < -0.3 is 10.1 Å². The highest BCUT2D eigenvalue weighted by molar-refractivity contribution is 7.20. The Bertz CT molecular complexity index is 1210. The lowest BCUT2D eigenvalue weighted by atomic mass is 10.2. The zero-order valence-electron chi connectivity index (χ0n) is 15.3. The van der Waals surface area contributed by atoms with E-state index < -0.39 is 0 Å². The SMILES string of the molecule is COc1ccccc1NC(=O)c1sc2ncn(Cc3cccs3)c(=O)c2c1C. The van der Waals surface area contributed by atoms with E-state index >= 15 is 0 Å². The molecule has 0 aliphatic heterocycles. The molecule has 0 spiro atoms. The molecule has 4 aromatic rings. The van der Waals surface area contributed by atoms with Crippen LogP contribution < -0.4 is 15.6 Å². The van der Waals surface area contributed by atoms with E-state index in [4.69, 9.17) is 4.74 Å². The van der Waals surface area contributed by atoms with Gasteiger partial charge in [0.05, 0.1) is 35.9 Å². The van der Waals surface area contributed by atoms with Crippen molar-refractivity contribution in [3.63, 3.8) is 0 Å². The molecule has 3 heterocycles. The zero-order chi connectivity index (χ0) is 19.7. The molecule has 1 aromatic carbocycles. The molecule has 0 radical (unpaired) electrons. The Labute approximate surface area is 169 Å². The van der Waals surface area contributed by atoms with Gasteiger partial charge >= 0.3 is 0 Å². The largest absolute Gasteiger partial charge is 0.495 e. The number of para-hydroxylation sites is 2. The first-order valence-corrected chi connectivity index (χ1v) is 10.2. The fourth-order valence-corrected chi connectivity index (χ4v) is 4.72. The van der Waals surface area contributed by atoms with Crippen molar-refractivity contribution in [2.75, 3.05) is 12.4 Å². The van der Waals surface area contributed by atoms with Crippen molar-refractivity contribution >= 4 is 44.5 Å². The highest BCUT2D eigenvalue weighted by atomic mass is 32.1. The van der Waals surface area contributed by atoms with Gasteiger partial charge in [0.2, 0.25) is 0 Å². The van der Waals surface area contributed by atoms with Crippen molar-refractivity contribution in [2.45, 2.75) is 13.5 Å². The Hall–Kier alpha value is -2.97. The highest BCUT2D eigenvalue weighted by Crippen LogP contribution is 2.29. The number of carbonyl (C=O) groups is 1. The standard InChI is InChI=1S/C20H17N3O3S2/c1-12-16-19(21-11-23(20(16)25)10-13-6-5-9-27-13)28-17(12)18(24)22-14-7-3-4-8-15(14)26-2/h3-9,11H,10H2,1-2H3,(H,22,24). The third-order valence-electron chi connectivity index (χ3n) is 4.38. The van der Waals surface area contributed by atoms with Crippen molar-refractivity contribution in [1.29, 1.82) is 0 Å². The second-order valence-electron chi connectivity index (χ2n) is 6.15. The number of anilines is 1. The van der Waals surface area contributed by atoms with Gasteiger partial charge in [-0.25, -0.2) is 4.98 Å². The van der Waals surface area contributed by atoms with Crippen molar-refractivity contribution in [2.24, 2.45) is 0 Å². The summed E-state index contributed by atoms with van der Waals surface area (Å²) in [6.45, 7) is 2.26. The number of hydrogen-bond donors (Lipinski definition) is 1. The maximum Gasteiger partial charge on any atom is 0.266 e. The summed E-state index contributed by atoms with van der Waals surface area (Å²) in [5.41, 5.74) is 1.09. The third-order valence-corrected chi connectivity index (χ3v) is 6.44. The van der Waals surface area contributed by atoms with Gasteiger partial charge in [-0.3, -0.25) is 14.2 Å². The van der Waals surface area contributed by atoms with Crippen LogP contribution in [0.25, 0.3) is 10.2 Å². The average Bonchev–Trinajstić information content (AvgIpc) is 3.32. The number of ether oxygens (including phenoxy) is 1. The number of carbonyl (C=O) groups excluding carboxylic acids is 1. The highest BCUT2D eigenvalue weighted by Gasteiger charge is 2.20. The maximum atomic E-state index is 13.0. The number of thiophene rings is 2. The van der Waals surface area contributed by atoms with Crippen LogP contribution in [0.15, 0.2) is 52.9 Å². The molecule has 0 fully saturated rings. The molecular weight excluding hydrogens is 394 g/mol. The Morgan fingerprint density at radius 3 is 2.82 bits per heavy atom. The summed E-state index contributed by atoms with van der Waals surface area (Å²) < 4.78 is 6.86. The van der Waals surface area contributed by atoms with E-state index in [0.717, 1.165) is 4.88 Å². The molecular formula is C20H17N3O3S2. The number of nitrogens with zero attached hydrogens (tertiary/aromatic N) is 2. The first-order valence-electron chi connectivity index (χ1n) is 8.53. The molecule has 0 unspecified atom stereocenters. The van der Waals surface area contributed by atoms with Crippen LogP contribution in [-0.4, -0.2) is 22.6 Å². The fourth-order valence-electron chi connectivity index (χ4n) is 2.99. The quantitative estimate of drug-likeness (QED) is 0.536. The molecule has 8 heteroatoms. The second kappa shape index (κ2) is 7.57. The van der Waals surface area contributed by atoms with E-state index in [0.29, 0.717) is 38.6 Å². The topological polar surface area (TPSA) is 73.2 Å². The van der Waals surface area contributed by atoms with Crippen LogP contribution in [-0.2, 0) is 6.54 Å². The van der Waals surface area contributed by atoms with Crippen molar-refractivity contribution in [1.82, 2.24) is 9.55 Å². The normalized spacial score (nSPS) is 10.9. The van der Waals surface area contributed by atoms with E-state index in [1.807, 2.05) is 29.6 Å². The van der Waals surface area contributed by atoms with E-state index in [9.17, 15) is 9.59 Å². The molecule has 0 atom stereocenters. The molecule has 0 aliphatic rings. The Kier molecular flexibility index (Phi) is 4.97. The van der Waals surface area contributed by atoms with Gasteiger partial charge in [0.15, 0.2) is 0 Å². The molecule has 0 bridgehead atoms. The molecule has 28 heavy (non-hydrogen) atoms. The van der Waals surface area contributed by atoms with Crippen LogP contribution in [0.3, 0.4) is 0 Å². The summed E-state index contributed by atoms with van der Waals surface area (Å²) in [6.07, 6.45) is 1.54. The molecule has 142 valence electrons. The number of fused-ring (bicyclic) bond motifs is 1. The number of rotatable bonds is 5. The summed E-state index contributed by atoms with van der Waals surface area (Å²) in [7, 11) is 1.55. The van der Waals surface area contributed by atoms with Gasteiger partial charge in [-0.15, -0.1) is 22.7 Å². The summed E-state index contributed by atoms with van der Waals surface area (Å²) in [6, 6.07) is 11.1. The maximum absolute atomic E-state index is 13.0. The summed E-state index contributed by atoms with van der Waals surface area (Å²) in [5, 5.41) is 5.33. The second-order valence-corrected chi connectivity index (χ2v) is 8.18. The lowest BCUT2D eigenvalue weighted by Gasteiger charge is -2.09. The molecule has 4 rings (SSSR count). The predicted molar refractivity (Wildman–Crippen MR) is 113 cm³/mol. The molecule has 0 saturated carbocycles. The Balaban J connectivity index is 1.70. The predicted octanol–water partition coefficient (Wildman–Crippen LogP) is 4.14. The van der Waals surface area contributed by atoms with Crippen LogP contribution in [0.1, 0.15) is 20.1 Å². The number of nitrogens with one attached hydrogen (secondary N) is 1. The molecule has 1 N–H and O–H groups in total. The van der Waals surface area contributed by atoms with Crippen LogP contribution in [0.5, 0.6) is 5.75 Å². The van der Waals surface area contributed by atoms with Crippen LogP contribution >= 0.6 is 22.7 Å². The molecule has 0 saturated heterocycles.